The number of rotatable bonds is 0. The van der Waals surface area contributed by atoms with E-state index >= 15 is 0 Å². The molecule has 10 heavy (non-hydrogen) atoms. The van der Waals surface area contributed by atoms with Crippen molar-refractivity contribution in [3.05, 3.63) is 0 Å². The molecule has 56 valence electrons. The predicted molar refractivity (Wildman–Crippen MR) is 32.2 cm³/mol. The van der Waals surface area contributed by atoms with E-state index in [1.807, 2.05) is 0 Å². The molecule has 0 aromatic rings. The van der Waals surface area contributed by atoms with Gasteiger partial charge in [-0.3, -0.25) is 0 Å². The average molecular weight is 143 g/mol. The third kappa shape index (κ3) is 1.67. The van der Waals surface area contributed by atoms with Gasteiger partial charge in [-0.25, -0.2) is 0 Å². The van der Waals surface area contributed by atoms with Crippen molar-refractivity contribution < 1.29 is 14.6 Å². The lowest BCUT2D eigenvalue weighted by atomic mass is 10.1. The molecular formula is C6H9NO3. The summed E-state index contributed by atoms with van der Waals surface area (Å²) in [6, 6.07) is 1.73. The largest absolute Gasteiger partial charge is 0.375 e. The maximum Gasteiger partial charge on any atom is 0.197 e. The van der Waals surface area contributed by atoms with E-state index in [9.17, 15) is 5.11 Å². The van der Waals surface area contributed by atoms with Crippen molar-refractivity contribution in [2.75, 3.05) is 26.4 Å². The predicted octanol–water partition coefficient (Wildman–Crippen LogP) is -0.712. The van der Waals surface area contributed by atoms with Crippen LogP contribution in [0, 0.1) is 11.3 Å². The second-order valence-corrected chi connectivity index (χ2v) is 2.25. The van der Waals surface area contributed by atoms with Crippen LogP contribution in [0.15, 0.2) is 0 Å². The molecule has 0 saturated carbocycles. The minimum absolute atomic E-state index is 0.0451. The third-order valence-electron chi connectivity index (χ3n) is 1.26. The topological polar surface area (TPSA) is 62.5 Å². The fourth-order valence-corrected chi connectivity index (χ4v) is 0.706. The van der Waals surface area contributed by atoms with Crippen molar-refractivity contribution in [3.8, 4) is 6.07 Å². The van der Waals surface area contributed by atoms with Crippen LogP contribution in [-0.4, -0.2) is 37.1 Å². The van der Waals surface area contributed by atoms with Crippen LogP contribution in [0.4, 0.5) is 0 Å². The second-order valence-electron chi connectivity index (χ2n) is 2.25. The smallest absolute Gasteiger partial charge is 0.197 e. The van der Waals surface area contributed by atoms with Gasteiger partial charge < -0.3 is 14.6 Å². The molecule has 0 radical (unpaired) electrons. The number of ether oxygens (including phenoxy) is 2. The average Bonchev–Trinajstić information content (AvgIpc) is 2.15. The molecule has 1 fully saturated rings. The summed E-state index contributed by atoms with van der Waals surface area (Å²) in [4.78, 5) is 0. The summed E-state index contributed by atoms with van der Waals surface area (Å²) >= 11 is 0. The Balaban J connectivity index is 2.51. The highest BCUT2D eigenvalue weighted by Gasteiger charge is 2.29. The first-order valence-corrected chi connectivity index (χ1v) is 3.06. The molecule has 0 bridgehead atoms. The van der Waals surface area contributed by atoms with Gasteiger partial charge in [-0.2, -0.15) is 5.26 Å². The molecule has 1 saturated heterocycles. The van der Waals surface area contributed by atoms with Crippen LogP contribution in [0.2, 0.25) is 0 Å². The van der Waals surface area contributed by atoms with Gasteiger partial charge in [-0.05, 0) is 0 Å². The van der Waals surface area contributed by atoms with Crippen LogP contribution < -0.4 is 0 Å². The van der Waals surface area contributed by atoms with E-state index in [-0.39, 0.29) is 13.2 Å². The first kappa shape index (κ1) is 7.48. The zero-order chi connectivity index (χ0) is 7.45. The van der Waals surface area contributed by atoms with Gasteiger partial charge in [0.1, 0.15) is 6.07 Å². The number of aliphatic hydroxyl groups is 1. The highest BCUT2D eigenvalue weighted by atomic mass is 16.6. The highest BCUT2D eigenvalue weighted by molar-refractivity contribution is 5.00. The van der Waals surface area contributed by atoms with Crippen LogP contribution in [0.25, 0.3) is 0 Å². The first-order chi connectivity index (χ1) is 4.77. The molecule has 1 heterocycles. The van der Waals surface area contributed by atoms with Crippen LogP contribution in [0.3, 0.4) is 0 Å². The van der Waals surface area contributed by atoms with E-state index in [0.717, 1.165) is 0 Å². The Morgan fingerprint density at radius 1 is 1.30 bits per heavy atom. The van der Waals surface area contributed by atoms with Gasteiger partial charge in [0, 0.05) is 0 Å². The van der Waals surface area contributed by atoms with Crippen molar-refractivity contribution >= 4 is 0 Å². The summed E-state index contributed by atoms with van der Waals surface area (Å²) in [5.74, 6) is 0. The summed E-state index contributed by atoms with van der Waals surface area (Å²) in [6.07, 6.45) is 0. The molecule has 0 aromatic heterocycles. The number of nitrogens with zero attached hydrogens (tertiary/aromatic N) is 1. The quantitative estimate of drug-likeness (QED) is 0.455. The number of hydrogen-bond acceptors (Lipinski definition) is 4. The summed E-state index contributed by atoms with van der Waals surface area (Å²) in [5, 5.41) is 17.7. The van der Waals surface area contributed by atoms with Crippen LogP contribution in [-0.2, 0) is 9.47 Å². The zero-order valence-electron chi connectivity index (χ0n) is 5.54. The van der Waals surface area contributed by atoms with Crippen molar-refractivity contribution in [2.45, 2.75) is 5.60 Å². The van der Waals surface area contributed by atoms with Crippen molar-refractivity contribution in [1.29, 1.82) is 5.26 Å². The summed E-state index contributed by atoms with van der Waals surface area (Å²) in [6.45, 7) is 0.987. The van der Waals surface area contributed by atoms with E-state index in [1.54, 1.807) is 6.07 Å². The lowest BCUT2D eigenvalue weighted by molar-refractivity contribution is -0.0119. The molecule has 0 aliphatic carbocycles. The molecule has 4 heteroatoms. The fraction of sp³-hybridized carbons (Fsp3) is 0.833. The van der Waals surface area contributed by atoms with E-state index in [4.69, 9.17) is 14.7 Å². The summed E-state index contributed by atoms with van der Waals surface area (Å²) < 4.78 is 9.81. The molecule has 1 N–H and O–H groups in total. The molecule has 4 nitrogen and oxygen atoms in total. The van der Waals surface area contributed by atoms with Crippen LogP contribution in [0.5, 0.6) is 0 Å². The lowest BCUT2D eigenvalue weighted by Crippen LogP contribution is -2.35. The minimum Gasteiger partial charge on any atom is -0.375 e. The molecule has 0 spiro atoms. The second kappa shape index (κ2) is 2.97. The van der Waals surface area contributed by atoms with E-state index in [2.05, 4.69) is 0 Å². The van der Waals surface area contributed by atoms with E-state index in [1.165, 1.54) is 0 Å². The van der Waals surface area contributed by atoms with Gasteiger partial charge in [-0.15, -0.1) is 0 Å². The molecule has 0 unspecified atom stereocenters. The number of hydrogen-bond donors (Lipinski definition) is 1. The Labute approximate surface area is 59.0 Å². The standard InChI is InChI=1S/C6H9NO3/c7-3-6(8)4-9-1-2-10-5-6/h8H,1-2,4-5H2. The van der Waals surface area contributed by atoms with E-state index < -0.39 is 5.60 Å². The Hall–Kier alpha value is -0.630. The molecule has 1 aliphatic heterocycles. The first-order valence-electron chi connectivity index (χ1n) is 3.06. The highest BCUT2D eigenvalue weighted by Crippen LogP contribution is 2.07. The van der Waals surface area contributed by atoms with Gasteiger partial charge in [0.15, 0.2) is 5.60 Å². The molecule has 0 aromatic carbocycles. The maximum absolute atomic E-state index is 9.25. The molecule has 1 rings (SSSR count). The fourth-order valence-electron chi connectivity index (χ4n) is 0.706. The Morgan fingerprint density at radius 3 is 2.20 bits per heavy atom. The summed E-state index contributed by atoms with van der Waals surface area (Å²) in [5.41, 5.74) is -1.43. The van der Waals surface area contributed by atoms with Crippen LogP contribution in [0.1, 0.15) is 0 Å². The van der Waals surface area contributed by atoms with Crippen molar-refractivity contribution in [1.82, 2.24) is 0 Å². The van der Waals surface area contributed by atoms with Gasteiger partial charge in [0.2, 0.25) is 0 Å². The number of nitriles is 1. The third-order valence-corrected chi connectivity index (χ3v) is 1.26. The van der Waals surface area contributed by atoms with Gasteiger partial charge >= 0.3 is 0 Å². The lowest BCUT2D eigenvalue weighted by Gasteiger charge is -2.14. The zero-order valence-corrected chi connectivity index (χ0v) is 5.54. The SMILES string of the molecule is N#CC1(O)COCCOC1. The Kier molecular flexibility index (Phi) is 2.22. The Bertz CT molecular complexity index is 144. The Morgan fingerprint density at radius 2 is 1.80 bits per heavy atom. The normalized spacial score (nSPS) is 24.8. The van der Waals surface area contributed by atoms with Gasteiger partial charge in [0.25, 0.3) is 0 Å². The van der Waals surface area contributed by atoms with Crippen LogP contribution >= 0.6 is 0 Å². The van der Waals surface area contributed by atoms with Gasteiger partial charge in [-0.1, -0.05) is 0 Å². The molecule has 1 aliphatic rings. The summed E-state index contributed by atoms with van der Waals surface area (Å²) in [7, 11) is 0. The van der Waals surface area contributed by atoms with E-state index in [0.29, 0.717) is 13.2 Å². The van der Waals surface area contributed by atoms with Gasteiger partial charge in [0.05, 0.1) is 26.4 Å². The minimum atomic E-state index is -1.43. The monoisotopic (exact) mass is 143 g/mol. The molecule has 0 amide bonds. The van der Waals surface area contributed by atoms with Crippen molar-refractivity contribution in [3.63, 3.8) is 0 Å². The van der Waals surface area contributed by atoms with Crippen molar-refractivity contribution in [2.24, 2.45) is 0 Å². The molecular weight excluding hydrogens is 134 g/mol. The molecule has 0 atom stereocenters. The maximum atomic E-state index is 9.25.